The number of rotatable bonds is 3. The van der Waals surface area contributed by atoms with E-state index < -0.39 is 10.8 Å². The highest BCUT2D eigenvalue weighted by Crippen LogP contribution is 2.40. The van der Waals surface area contributed by atoms with E-state index in [9.17, 15) is 20.0 Å². The fourth-order valence-corrected chi connectivity index (χ4v) is 3.52. The van der Waals surface area contributed by atoms with E-state index in [1.807, 2.05) is 0 Å². The molecule has 3 rings (SSSR count). The van der Waals surface area contributed by atoms with Gasteiger partial charge in [0.05, 0.1) is 16.0 Å². The molecule has 0 unspecified atom stereocenters. The number of amides is 1. The van der Waals surface area contributed by atoms with Gasteiger partial charge < -0.3 is 10.1 Å². The van der Waals surface area contributed by atoms with Gasteiger partial charge in [0.1, 0.15) is 0 Å². The zero-order valence-electron chi connectivity index (χ0n) is 12.2. The Morgan fingerprint density at radius 2 is 2.00 bits per heavy atom. The third-order valence-electron chi connectivity index (χ3n) is 3.32. The molecule has 0 atom stereocenters. The third kappa shape index (κ3) is 3.44. The van der Waals surface area contributed by atoms with Gasteiger partial charge in [0.25, 0.3) is 11.6 Å². The molecule has 0 saturated heterocycles. The summed E-state index contributed by atoms with van der Waals surface area (Å²) in [5.41, 5.74) is 0.497. The number of carbonyl (C=O) groups excluding carboxylic acids is 1. The Bertz CT molecular complexity index is 1050. The summed E-state index contributed by atoms with van der Waals surface area (Å²) >= 11 is 6.69. The Hall–Kier alpha value is -2.59. The number of H-pyrrole nitrogens is 1. The molecule has 0 bridgehead atoms. The average Bonchev–Trinajstić information content (AvgIpc) is 2.88. The SMILES string of the molecule is O=C(N=Nc1c(O)[nH]c2c(Br)cc(Br)cc12)c1cccc([N+](=O)[O-])c1. The van der Waals surface area contributed by atoms with Crippen LogP contribution in [0.15, 0.2) is 55.6 Å². The smallest absolute Gasteiger partial charge is 0.295 e. The molecular formula is C15H8Br2N4O4. The monoisotopic (exact) mass is 466 g/mol. The van der Waals surface area contributed by atoms with Crippen LogP contribution in [-0.4, -0.2) is 20.9 Å². The van der Waals surface area contributed by atoms with E-state index >= 15 is 0 Å². The molecule has 10 heteroatoms. The van der Waals surface area contributed by atoms with E-state index in [-0.39, 0.29) is 22.8 Å². The van der Waals surface area contributed by atoms with Crippen LogP contribution in [0.2, 0.25) is 0 Å². The van der Waals surface area contributed by atoms with Gasteiger partial charge in [-0.3, -0.25) is 14.9 Å². The quantitative estimate of drug-likeness (QED) is 0.311. The van der Waals surface area contributed by atoms with Crippen molar-refractivity contribution < 1.29 is 14.8 Å². The van der Waals surface area contributed by atoms with Crippen LogP contribution in [0, 0.1) is 10.1 Å². The van der Waals surface area contributed by atoms with Crippen LogP contribution < -0.4 is 0 Å². The number of hydrogen-bond acceptors (Lipinski definition) is 5. The van der Waals surface area contributed by atoms with Crippen molar-refractivity contribution in [2.75, 3.05) is 0 Å². The lowest BCUT2D eigenvalue weighted by Gasteiger charge is -1.97. The van der Waals surface area contributed by atoms with Gasteiger partial charge >= 0.3 is 0 Å². The fourth-order valence-electron chi connectivity index (χ4n) is 2.20. The summed E-state index contributed by atoms with van der Waals surface area (Å²) in [6, 6.07) is 8.67. The number of halogens is 2. The number of non-ortho nitro benzene ring substituents is 1. The number of nitro groups is 1. The first-order valence-corrected chi connectivity index (χ1v) is 8.35. The van der Waals surface area contributed by atoms with Gasteiger partial charge in [-0.2, -0.15) is 0 Å². The zero-order valence-corrected chi connectivity index (χ0v) is 15.4. The molecule has 0 aliphatic carbocycles. The Kier molecular flexibility index (Phi) is 4.64. The van der Waals surface area contributed by atoms with Crippen LogP contribution in [-0.2, 0) is 0 Å². The number of aromatic nitrogens is 1. The molecule has 2 aromatic carbocycles. The predicted octanol–water partition coefficient (Wildman–Crippen LogP) is 5.23. The first-order chi connectivity index (χ1) is 11.9. The second-order valence-electron chi connectivity index (χ2n) is 4.94. The predicted molar refractivity (Wildman–Crippen MR) is 97.3 cm³/mol. The molecule has 1 amide bonds. The first-order valence-electron chi connectivity index (χ1n) is 6.77. The van der Waals surface area contributed by atoms with Crippen molar-refractivity contribution in [2.24, 2.45) is 10.2 Å². The number of benzene rings is 2. The number of azo groups is 1. The molecule has 0 radical (unpaired) electrons. The maximum absolute atomic E-state index is 12.1. The molecule has 1 aromatic heterocycles. The molecule has 0 aliphatic rings. The van der Waals surface area contributed by atoms with Crippen molar-refractivity contribution in [2.45, 2.75) is 0 Å². The van der Waals surface area contributed by atoms with Crippen LogP contribution in [0.4, 0.5) is 11.4 Å². The third-order valence-corrected chi connectivity index (χ3v) is 4.41. The normalized spacial score (nSPS) is 11.3. The van der Waals surface area contributed by atoms with Crippen LogP contribution in [0.5, 0.6) is 5.88 Å². The summed E-state index contributed by atoms with van der Waals surface area (Å²) < 4.78 is 1.44. The standard InChI is InChI=1S/C15H8Br2N4O4/c16-8-5-10-12(11(17)6-8)18-15(23)13(10)19-20-14(22)7-2-1-3-9(4-7)21(24)25/h1-6,18,23H. The van der Waals surface area contributed by atoms with Crippen molar-refractivity contribution in [1.29, 1.82) is 0 Å². The van der Waals surface area contributed by atoms with Gasteiger partial charge in [0.2, 0.25) is 5.88 Å². The van der Waals surface area contributed by atoms with Crippen LogP contribution >= 0.6 is 31.9 Å². The molecule has 0 spiro atoms. The summed E-state index contributed by atoms with van der Waals surface area (Å²) in [5, 5.41) is 28.7. The summed E-state index contributed by atoms with van der Waals surface area (Å²) in [6.07, 6.45) is 0. The lowest BCUT2D eigenvalue weighted by atomic mass is 10.2. The van der Waals surface area contributed by atoms with Gasteiger partial charge in [-0.15, -0.1) is 10.2 Å². The maximum atomic E-state index is 12.1. The van der Waals surface area contributed by atoms with Crippen molar-refractivity contribution in [3.8, 4) is 5.88 Å². The van der Waals surface area contributed by atoms with Crippen LogP contribution in [0.3, 0.4) is 0 Å². The molecule has 126 valence electrons. The highest BCUT2D eigenvalue weighted by atomic mass is 79.9. The minimum atomic E-state index is -0.758. The lowest BCUT2D eigenvalue weighted by molar-refractivity contribution is -0.384. The van der Waals surface area contributed by atoms with Gasteiger partial charge in [-0.05, 0) is 34.1 Å². The molecule has 25 heavy (non-hydrogen) atoms. The highest BCUT2D eigenvalue weighted by Gasteiger charge is 2.15. The fraction of sp³-hybridized carbons (Fsp3) is 0. The van der Waals surface area contributed by atoms with Crippen molar-refractivity contribution in [3.05, 3.63) is 61.0 Å². The van der Waals surface area contributed by atoms with Crippen molar-refractivity contribution >= 4 is 60.0 Å². The molecule has 8 nitrogen and oxygen atoms in total. The number of aromatic amines is 1. The van der Waals surface area contributed by atoms with E-state index in [2.05, 4.69) is 47.1 Å². The van der Waals surface area contributed by atoms with E-state index in [1.54, 1.807) is 12.1 Å². The zero-order chi connectivity index (χ0) is 18.1. The van der Waals surface area contributed by atoms with Crippen LogP contribution in [0.25, 0.3) is 10.9 Å². The van der Waals surface area contributed by atoms with Gasteiger partial charge in [-0.25, -0.2) is 0 Å². The second kappa shape index (κ2) is 6.73. The summed E-state index contributed by atoms with van der Waals surface area (Å²) in [6.45, 7) is 0. The van der Waals surface area contributed by atoms with E-state index in [0.717, 1.165) is 10.5 Å². The first kappa shape index (κ1) is 17.2. The van der Waals surface area contributed by atoms with Crippen LogP contribution in [0.1, 0.15) is 10.4 Å². The topological polar surface area (TPSA) is 121 Å². The minimum Gasteiger partial charge on any atom is -0.493 e. The summed E-state index contributed by atoms with van der Waals surface area (Å²) in [5.74, 6) is -1.00. The van der Waals surface area contributed by atoms with Gasteiger partial charge in [0.15, 0.2) is 5.69 Å². The molecular weight excluding hydrogens is 460 g/mol. The van der Waals surface area contributed by atoms with E-state index in [1.165, 1.54) is 18.2 Å². The molecule has 0 saturated carbocycles. The number of carbonyl (C=O) groups is 1. The van der Waals surface area contributed by atoms with Gasteiger partial charge in [-0.1, -0.05) is 22.0 Å². The van der Waals surface area contributed by atoms with E-state index in [4.69, 9.17) is 0 Å². The molecule has 1 heterocycles. The summed E-state index contributed by atoms with van der Waals surface area (Å²) in [4.78, 5) is 25.0. The Morgan fingerprint density at radius 1 is 1.24 bits per heavy atom. The highest BCUT2D eigenvalue weighted by molar-refractivity contribution is 9.11. The largest absolute Gasteiger partial charge is 0.493 e. The number of nitrogens with zero attached hydrogens (tertiary/aromatic N) is 3. The molecule has 2 N–H and O–H groups in total. The minimum absolute atomic E-state index is 0.0274. The number of aromatic hydroxyl groups is 1. The second-order valence-corrected chi connectivity index (χ2v) is 6.71. The van der Waals surface area contributed by atoms with Gasteiger partial charge in [0, 0.05) is 26.5 Å². The lowest BCUT2D eigenvalue weighted by Crippen LogP contribution is -1.95. The number of fused-ring (bicyclic) bond motifs is 1. The Balaban J connectivity index is 1.98. The number of nitrogens with one attached hydrogen (secondary N) is 1. The molecule has 3 aromatic rings. The number of nitro benzene ring substituents is 1. The van der Waals surface area contributed by atoms with E-state index in [0.29, 0.717) is 15.4 Å². The van der Waals surface area contributed by atoms with Crippen molar-refractivity contribution in [1.82, 2.24) is 4.98 Å². The maximum Gasteiger partial charge on any atom is 0.295 e. The average molecular weight is 468 g/mol. The Morgan fingerprint density at radius 3 is 2.72 bits per heavy atom. The van der Waals surface area contributed by atoms with Crippen molar-refractivity contribution in [3.63, 3.8) is 0 Å². The number of hydrogen-bond donors (Lipinski definition) is 2. The molecule has 0 aliphatic heterocycles. The summed E-state index contributed by atoms with van der Waals surface area (Å²) in [7, 11) is 0. The Labute approximate surface area is 157 Å². The molecule has 0 fully saturated rings.